The summed E-state index contributed by atoms with van der Waals surface area (Å²) in [5, 5.41) is 0. The molecule has 0 aromatic rings. The molecule has 0 unspecified atom stereocenters. The van der Waals surface area contributed by atoms with E-state index in [-0.39, 0.29) is 0 Å². The van der Waals surface area contributed by atoms with E-state index in [2.05, 4.69) is 11.3 Å². The summed E-state index contributed by atoms with van der Waals surface area (Å²) in [6.07, 6.45) is 4.43. The molecule has 0 saturated carbocycles. The SMILES string of the molecule is C=CCC1=CO1. The second-order valence-electron chi connectivity index (χ2n) is 1.19. The van der Waals surface area contributed by atoms with E-state index in [0.717, 1.165) is 12.2 Å². The Labute approximate surface area is 36.9 Å². The zero-order valence-corrected chi connectivity index (χ0v) is 3.48. The van der Waals surface area contributed by atoms with E-state index in [1.54, 1.807) is 6.26 Å². The third-order valence-electron chi connectivity index (χ3n) is 0.630. The van der Waals surface area contributed by atoms with E-state index >= 15 is 0 Å². The third-order valence-corrected chi connectivity index (χ3v) is 0.630. The largest absolute Gasteiger partial charge is 0.462 e. The van der Waals surface area contributed by atoms with Gasteiger partial charge in [0.15, 0.2) is 0 Å². The Morgan fingerprint density at radius 2 is 2.67 bits per heavy atom. The van der Waals surface area contributed by atoms with Gasteiger partial charge in [-0.2, -0.15) is 0 Å². The maximum absolute atomic E-state index is 4.67. The highest BCUT2D eigenvalue weighted by molar-refractivity contribution is 5.06. The molecule has 1 heterocycles. The van der Waals surface area contributed by atoms with E-state index in [1.807, 2.05) is 6.08 Å². The van der Waals surface area contributed by atoms with Crippen LogP contribution in [0.25, 0.3) is 0 Å². The first-order valence-corrected chi connectivity index (χ1v) is 1.90. The Morgan fingerprint density at radius 1 is 2.00 bits per heavy atom. The van der Waals surface area contributed by atoms with Crippen LogP contribution < -0.4 is 0 Å². The first-order valence-electron chi connectivity index (χ1n) is 1.90. The highest BCUT2D eigenvalue weighted by atomic mass is 16.5. The van der Waals surface area contributed by atoms with Crippen molar-refractivity contribution in [1.29, 1.82) is 0 Å². The Balaban J connectivity index is 2.16. The van der Waals surface area contributed by atoms with Crippen LogP contribution in [0.15, 0.2) is 24.7 Å². The van der Waals surface area contributed by atoms with E-state index in [0.29, 0.717) is 0 Å². The van der Waals surface area contributed by atoms with Gasteiger partial charge >= 0.3 is 0 Å². The Kier molecular flexibility index (Phi) is 0.675. The zero-order chi connectivity index (χ0) is 4.41. The smallest absolute Gasteiger partial charge is 0.142 e. The molecule has 1 aliphatic heterocycles. The highest BCUT2D eigenvalue weighted by Gasteiger charge is 2.04. The molecule has 1 heteroatoms. The number of allylic oxidation sites excluding steroid dienone is 1. The number of ether oxygens (including phenoxy) is 1. The average Bonchev–Trinajstić information content (AvgIpc) is 2.21. The quantitative estimate of drug-likeness (QED) is 0.459. The lowest BCUT2D eigenvalue weighted by Crippen LogP contribution is -1.54. The van der Waals surface area contributed by atoms with Gasteiger partial charge in [-0.1, -0.05) is 6.08 Å². The molecule has 1 nitrogen and oxygen atoms in total. The zero-order valence-electron chi connectivity index (χ0n) is 3.48. The summed E-state index contributed by atoms with van der Waals surface area (Å²) in [5.74, 6) is 1.05. The Hall–Kier alpha value is -0.720. The minimum Gasteiger partial charge on any atom is -0.462 e. The van der Waals surface area contributed by atoms with Crippen LogP contribution in [-0.4, -0.2) is 0 Å². The lowest BCUT2D eigenvalue weighted by Gasteiger charge is -1.70. The maximum atomic E-state index is 4.67. The molecule has 0 fully saturated rings. The molecule has 0 bridgehead atoms. The molecule has 0 radical (unpaired) electrons. The van der Waals surface area contributed by atoms with Crippen LogP contribution in [0, 0.1) is 0 Å². The Bertz CT molecular complexity index is 92.1. The molecule has 0 aliphatic carbocycles. The molecule has 0 saturated heterocycles. The third kappa shape index (κ3) is 0.612. The van der Waals surface area contributed by atoms with Gasteiger partial charge in [0, 0.05) is 6.42 Å². The monoisotopic (exact) mass is 82.0 g/mol. The normalized spacial score (nSPS) is 15.0. The maximum Gasteiger partial charge on any atom is 0.142 e. The predicted octanol–water partition coefficient (Wildman–Crippen LogP) is 1.43. The van der Waals surface area contributed by atoms with E-state index < -0.39 is 0 Å². The van der Waals surface area contributed by atoms with Gasteiger partial charge in [-0.15, -0.1) is 6.58 Å². The van der Waals surface area contributed by atoms with Crippen LogP contribution in [0.1, 0.15) is 6.42 Å². The molecular formula is C5H6O. The van der Waals surface area contributed by atoms with Crippen molar-refractivity contribution in [2.45, 2.75) is 6.42 Å². The predicted molar refractivity (Wildman–Crippen MR) is 24.0 cm³/mol. The molecule has 0 N–H and O–H groups in total. The molecule has 0 aromatic heterocycles. The average molecular weight is 82.1 g/mol. The van der Waals surface area contributed by atoms with Crippen LogP contribution in [0.3, 0.4) is 0 Å². The second-order valence-corrected chi connectivity index (χ2v) is 1.19. The van der Waals surface area contributed by atoms with Crippen molar-refractivity contribution in [2.75, 3.05) is 0 Å². The highest BCUT2D eigenvalue weighted by Crippen LogP contribution is 2.16. The van der Waals surface area contributed by atoms with Crippen molar-refractivity contribution in [1.82, 2.24) is 0 Å². The van der Waals surface area contributed by atoms with Gasteiger partial charge in [0.05, 0.1) is 0 Å². The standard InChI is InChI=1S/C5H6O/c1-2-3-5-4-6-5/h2,4H,1,3H2. The second kappa shape index (κ2) is 1.17. The first-order chi connectivity index (χ1) is 2.93. The van der Waals surface area contributed by atoms with Gasteiger partial charge in [-0.05, 0) is 0 Å². The molecule has 6 heavy (non-hydrogen) atoms. The minimum atomic E-state index is 0.889. The molecule has 0 aromatic carbocycles. The lowest BCUT2D eigenvalue weighted by molar-refractivity contribution is 0.494. The van der Waals surface area contributed by atoms with Crippen LogP contribution in [0.2, 0.25) is 0 Å². The van der Waals surface area contributed by atoms with Gasteiger partial charge < -0.3 is 4.74 Å². The number of hydrogen-bond donors (Lipinski definition) is 0. The summed E-state index contributed by atoms with van der Waals surface area (Å²) in [7, 11) is 0. The van der Waals surface area contributed by atoms with Crippen LogP contribution in [0.4, 0.5) is 0 Å². The molecule has 32 valence electrons. The first kappa shape index (κ1) is 3.47. The topological polar surface area (TPSA) is 12.5 Å². The molecule has 0 amide bonds. The van der Waals surface area contributed by atoms with Gasteiger partial charge in [-0.3, -0.25) is 0 Å². The van der Waals surface area contributed by atoms with Gasteiger partial charge in [0.2, 0.25) is 0 Å². The van der Waals surface area contributed by atoms with Crippen molar-refractivity contribution in [2.24, 2.45) is 0 Å². The summed E-state index contributed by atoms with van der Waals surface area (Å²) in [6.45, 7) is 3.52. The summed E-state index contributed by atoms with van der Waals surface area (Å²) < 4.78 is 4.67. The van der Waals surface area contributed by atoms with Crippen LogP contribution in [0.5, 0.6) is 0 Å². The summed E-state index contributed by atoms with van der Waals surface area (Å²) in [5.41, 5.74) is 0. The van der Waals surface area contributed by atoms with E-state index in [1.165, 1.54) is 0 Å². The number of hydrogen-bond acceptors (Lipinski definition) is 1. The van der Waals surface area contributed by atoms with Gasteiger partial charge in [0.1, 0.15) is 12.0 Å². The van der Waals surface area contributed by atoms with Crippen molar-refractivity contribution < 1.29 is 4.74 Å². The lowest BCUT2D eigenvalue weighted by atomic mass is 10.4. The van der Waals surface area contributed by atoms with Gasteiger partial charge in [0.25, 0.3) is 0 Å². The Morgan fingerprint density at radius 3 is 2.83 bits per heavy atom. The van der Waals surface area contributed by atoms with Gasteiger partial charge in [-0.25, -0.2) is 0 Å². The van der Waals surface area contributed by atoms with Crippen molar-refractivity contribution in [3.05, 3.63) is 24.7 Å². The fourth-order valence-corrected chi connectivity index (χ4v) is 0.280. The minimum absolute atomic E-state index is 0.889. The summed E-state index contributed by atoms with van der Waals surface area (Å²) in [6, 6.07) is 0. The van der Waals surface area contributed by atoms with E-state index in [9.17, 15) is 0 Å². The van der Waals surface area contributed by atoms with Crippen LogP contribution in [-0.2, 0) is 4.74 Å². The van der Waals surface area contributed by atoms with Crippen molar-refractivity contribution in [3.8, 4) is 0 Å². The molecule has 1 aliphatic rings. The summed E-state index contributed by atoms with van der Waals surface area (Å²) >= 11 is 0. The van der Waals surface area contributed by atoms with Crippen molar-refractivity contribution >= 4 is 0 Å². The molecular weight excluding hydrogens is 76.1 g/mol. The molecule has 0 spiro atoms. The molecule has 1 rings (SSSR count). The van der Waals surface area contributed by atoms with Crippen LogP contribution >= 0.6 is 0 Å². The fourth-order valence-electron chi connectivity index (χ4n) is 0.280. The number of rotatable bonds is 2. The molecule has 0 atom stereocenters. The fraction of sp³-hybridized carbons (Fsp3) is 0.200. The van der Waals surface area contributed by atoms with E-state index in [4.69, 9.17) is 0 Å². The summed E-state index contributed by atoms with van der Waals surface area (Å²) in [4.78, 5) is 0. The van der Waals surface area contributed by atoms with Crippen molar-refractivity contribution in [3.63, 3.8) is 0 Å².